The number of carbonyl (C=O) groups excluding carboxylic acids is 2. The van der Waals surface area contributed by atoms with Crippen LogP contribution in [-0.4, -0.2) is 40.3 Å². The first-order chi connectivity index (χ1) is 16.3. The number of carboxylic acid groups (broad SMARTS) is 1. The molecule has 0 saturated heterocycles. The van der Waals surface area contributed by atoms with Crippen LogP contribution in [0.25, 0.3) is 0 Å². The molecule has 1 saturated carbocycles. The van der Waals surface area contributed by atoms with E-state index in [1.54, 1.807) is 24.3 Å². The van der Waals surface area contributed by atoms with E-state index in [2.05, 4.69) is 15.3 Å². The van der Waals surface area contributed by atoms with Gasteiger partial charge in [-0.1, -0.05) is 6.42 Å². The molecule has 0 unspecified atom stereocenters. The fraction of sp³-hybridized carbons (Fsp3) is 0.292. The molecule has 10 heteroatoms. The number of rotatable bonds is 6. The van der Waals surface area contributed by atoms with Crippen molar-refractivity contribution in [1.82, 2.24) is 0 Å². The van der Waals surface area contributed by atoms with Crippen molar-refractivity contribution in [2.24, 2.45) is 21.5 Å². The van der Waals surface area contributed by atoms with Gasteiger partial charge in [0.05, 0.1) is 12.0 Å². The molecule has 2 aliphatic rings. The van der Waals surface area contributed by atoms with Crippen LogP contribution in [0, 0.1) is 0 Å². The number of guanidine groups is 2. The van der Waals surface area contributed by atoms with E-state index >= 15 is 0 Å². The zero-order valence-electron chi connectivity index (χ0n) is 18.5. The third kappa shape index (κ3) is 4.75. The third-order valence-electron chi connectivity index (χ3n) is 6.04. The molecule has 2 aromatic carbocycles. The molecule has 4 rings (SSSR count). The molecule has 0 radical (unpaired) electrons. The number of nitrogens with one attached hydrogen (secondary N) is 1. The smallest absolute Gasteiger partial charge is 0.335 e. The number of anilines is 2. The predicted molar refractivity (Wildman–Crippen MR) is 129 cm³/mol. The van der Waals surface area contributed by atoms with Crippen molar-refractivity contribution in [3.63, 3.8) is 0 Å². The summed E-state index contributed by atoms with van der Waals surface area (Å²) >= 11 is 0. The van der Waals surface area contributed by atoms with Crippen molar-refractivity contribution < 1.29 is 19.5 Å². The molecular formula is C24H26N6O4. The van der Waals surface area contributed by atoms with Crippen molar-refractivity contribution in [1.29, 1.82) is 0 Å². The van der Waals surface area contributed by atoms with E-state index in [0.717, 1.165) is 37.8 Å². The lowest BCUT2D eigenvalue weighted by Gasteiger charge is -2.45. The fourth-order valence-electron chi connectivity index (χ4n) is 4.44. The first-order valence-electron chi connectivity index (χ1n) is 11.0. The van der Waals surface area contributed by atoms with Crippen molar-refractivity contribution in [2.75, 3.05) is 10.2 Å². The Kier molecular flexibility index (Phi) is 6.31. The molecule has 0 atom stereocenters. The molecule has 1 aliphatic carbocycles. The highest BCUT2D eigenvalue weighted by molar-refractivity contribution is 6.11. The number of nitrogens with two attached hydrogens (primary N) is 2. The van der Waals surface area contributed by atoms with Crippen LogP contribution in [0.1, 0.15) is 59.2 Å². The normalized spacial score (nSPS) is 17.0. The van der Waals surface area contributed by atoms with Crippen LogP contribution in [0.2, 0.25) is 0 Å². The minimum absolute atomic E-state index is 0.108. The van der Waals surface area contributed by atoms with Crippen molar-refractivity contribution >= 4 is 41.0 Å². The Morgan fingerprint density at radius 2 is 1.56 bits per heavy atom. The predicted octanol–water partition coefficient (Wildman–Crippen LogP) is 2.71. The number of carboxylic acids is 1. The second-order valence-electron chi connectivity index (χ2n) is 8.40. The van der Waals surface area contributed by atoms with E-state index in [0.29, 0.717) is 11.3 Å². The summed E-state index contributed by atoms with van der Waals surface area (Å²) < 4.78 is 0. The first kappa shape index (κ1) is 23.0. The molecule has 1 fully saturated rings. The van der Waals surface area contributed by atoms with Crippen LogP contribution < -0.4 is 21.7 Å². The molecule has 34 heavy (non-hydrogen) atoms. The Bertz CT molecular complexity index is 1160. The Hall–Kier alpha value is -4.21. The van der Waals surface area contributed by atoms with Gasteiger partial charge in [0.2, 0.25) is 17.8 Å². The van der Waals surface area contributed by atoms with Crippen molar-refractivity contribution in [3.8, 4) is 0 Å². The van der Waals surface area contributed by atoms with E-state index in [9.17, 15) is 14.4 Å². The van der Waals surface area contributed by atoms with Gasteiger partial charge in [0.1, 0.15) is 5.66 Å². The molecule has 6 N–H and O–H groups in total. The van der Waals surface area contributed by atoms with E-state index in [-0.39, 0.29) is 29.7 Å². The Balaban J connectivity index is 1.44. The van der Waals surface area contributed by atoms with Crippen molar-refractivity contribution in [2.45, 2.75) is 44.2 Å². The van der Waals surface area contributed by atoms with Crippen LogP contribution in [-0.2, 0) is 4.79 Å². The van der Waals surface area contributed by atoms with Gasteiger partial charge in [0.15, 0.2) is 5.78 Å². The number of nitrogens with zero attached hydrogens (tertiary/aromatic N) is 3. The fourth-order valence-corrected chi connectivity index (χ4v) is 4.44. The number of ketones is 1. The Morgan fingerprint density at radius 1 is 0.941 bits per heavy atom. The molecule has 1 amide bonds. The summed E-state index contributed by atoms with van der Waals surface area (Å²) in [5.41, 5.74) is 13.2. The quantitative estimate of drug-likeness (QED) is 0.379. The minimum Gasteiger partial charge on any atom is -0.478 e. The highest BCUT2D eigenvalue weighted by Gasteiger charge is 2.42. The molecule has 2 aromatic rings. The monoisotopic (exact) mass is 462 g/mol. The van der Waals surface area contributed by atoms with Gasteiger partial charge >= 0.3 is 5.97 Å². The summed E-state index contributed by atoms with van der Waals surface area (Å²) in [6.45, 7) is 0. The largest absolute Gasteiger partial charge is 0.478 e. The zero-order valence-corrected chi connectivity index (χ0v) is 18.5. The number of aromatic carboxylic acids is 1. The van der Waals surface area contributed by atoms with Gasteiger partial charge in [-0.15, -0.1) is 0 Å². The maximum atomic E-state index is 12.6. The maximum absolute atomic E-state index is 12.6. The number of carbonyl (C=O) groups is 3. The molecule has 0 bridgehead atoms. The second kappa shape index (κ2) is 9.34. The third-order valence-corrected chi connectivity index (χ3v) is 6.04. The summed E-state index contributed by atoms with van der Waals surface area (Å²) in [7, 11) is 0. The summed E-state index contributed by atoms with van der Waals surface area (Å²) in [6, 6.07) is 12.5. The number of hydrogen-bond donors (Lipinski definition) is 4. The number of amides is 1. The second-order valence-corrected chi connectivity index (χ2v) is 8.40. The van der Waals surface area contributed by atoms with Crippen molar-refractivity contribution in [3.05, 3.63) is 59.7 Å². The van der Waals surface area contributed by atoms with Crippen LogP contribution in [0.15, 0.2) is 58.5 Å². The van der Waals surface area contributed by atoms with Crippen LogP contribution in [0.5, 0.6) is 0 Å². The Morgan fingerprint density at radius 3 is 2.18 bits per heavy atom. The van der Waals surface area contributed by atoms with E-state index in [1.165, 1.54) is 24.3 Å². The van der Waals surface area contributed by atoms with Gasteiger partial charge in [-0.3, -0.25) is 14.5 Å². The highest BCUT2D eigenvalue weighted by atomic mass is 16.4. The van der Waals surface area contributed by atoms with Gasteiger partial charge in [-0.2, -0.15) is 4.99 Å². The summed E-state index contributed by atoms with van der Waals surface area (Å²) in [6.07, 6.45) is 4.40. The van der Waals surface area contributed by atoms with Gasteiger partial charge in [-0.05, 0) is 74.2 Å². The molecule has 1 aliphatic heterocycles. The van der Waals surface area contributed by atoms with Crippen LogP contribution in [0.4, 0.5) is 11.4 Å². The molecular weight excluding hydrogens is 436 g/mol. The molecule has 176 valence electrons. The average Bonchev–Trinajstić information content (AvgIpc) is 2.79. The first-order valence-corrected chi connectivity index (χ1v) is 11.0. The Labute approximate surface area is 196 Å². The van der Waals surface area contributed by atoms with E-state index in [1.807, 2.05) is 4.90 Å². The lowest BCUT2D eigenvalue weighted by atomic mass is 9.87. The van der Waals surface area contributed by atoms with Gasteiger partial charge in [0, 0.05) is 16.9 Å². The van der Waals surface area contributed by atoms with Gasteiger partial charge in [-0.25, -0.2) is 9.79 Å². The lowest BCUT2D eigenvalue weighted by molar-refractivity contribution is -0.115. The van der Waals surface area contributed by atoms with E-state index in [4.69, 9.17) is 16.6 Å². The summed E-state index contributed by atoms with van der Waals surface area (Å²) in [4.78, 5) is 46.5. The summed E-state index contributed by atoms with van der Waals surface area (Å²) in [5, 5.41) is 11.5. The van der Waals surface area contributed by atoms with Gasteiger partial charge in [0.25, 0.3) is 0 Å². The number of Topliss-reactive ketones (excluding diaryl/α,β-unsaturated/α-hetero) is 1. The zero-order chi connectivity index (χ0) is 24.3. The topological polar surface area (TPSA) is 163 Å². The number of hydrogen-bond acceptors (Lipinski definition) is 8. The standard InChI is InChI=1S/C24H26N6O4/c25-22-28-23(26)30(24(29-22)12-2-1-3-13-24)18-10-6-15(7-11-18)19(31)14-20(32)27-17-8-4-16(5-9-17)21(33)34/h4-11H,1-3,12-14H2,(H,27,32)(H,33,34)(H4,25,26,28,29). The average molecular weight is 463 g/mol. The highest BCUT2D eigenvalue weighted by Crippen LogP contribution is 2.39. The number of benzene rings is 2. The lowest BCUT2D eigenvalue weighted by Crippen LogP contribution is -2.58. The van der Waals surface area contributed by atoms with Crippen LogP contribution >= 0.6 is 0 Å². The maximum Gasteiger partial charge on any atom is 0.335 e. The molecule has 10 nitrogen and oxygen atoms in total. The minimum atomic E-state index is -1.06. The van der Waals surface area contributed by atoms with Crippen LogP contribution in [0.3, 0.4) is 0 Å². The van der Waals surface area contributed by atoms with E-state index < -0.39 is 17.5 Å². The summed E-state index contributed by atoms with van der Waals surface area (Å²) in [5.74, 6) is -1.46. The molecule has 1 heterocycles. The van der Waals surface area contributed by atoms with Gasteiger partial charge < -0.3 is 21.9 Å². The molecule has 1 spiro atoms. The molecule has 0 aromatic heterocycles. The number of aliphatic imine (C=N–C) groups is 2. The SMILES string of the molecule is NC1=NC2(CCCCC2)N(c2ccc(C(=O)CC(=O)Nc3ccc(C(=O)O)cc3)cc2)C(N)=N1.